The van der Waals surface area contributed by atoms with E-state index in [0.29, 0.717) is 17.2 Å². The number of sulfonamides is 1. The van der Waals surface area contributed by atoms with Crippen LogP contribution in [0.15, 0.2) is 47.4 Å². The normalized spacial score (nSPS) is 11.4. The lowest BCUT2D eigenvalue weighted by atomic mass is 10.0. The van der Waals surface area contributed by atoms with Crippen molar-refractivity contribution in [1.82, 2.24) is 10.0 Å². The van der Waals surface area contributed by atoms with Crippen molar-refractivity contribution in [3.63, 3.8) is 0 Å². The van der Waals surface area contributed by atoms with Crippen molar-refractivity contribution in [2.24, 2.45) is 0 Å². The molecule has 0 aromatic heterocycles. The highest BCUT2D eigenvalue weighted by Crippen LogP contribution is 2.24. The van der Waals surface area contributed by atoms with Crippen LogP contribution in [0.5, 0.6) is 5.75 Å². The summed E-state index contributed by atoms with van der Waals surface area (Å²) in [4.78, 5) is 12.3. The van der Waals surface area contributed by atoms with E-state index in [1.807, 2.05) is 19.1 Å². The van der Waals surface area contributed by atoms with E-state index in [0.717, 1.165) is 11.1 Å². The number of ether oxygens (including phenoxy) is 1. The summed E-state index contributed by atoms with van der Waals surface area (Å²) in [5.74, 6) is 0.799. The first-order valence-electron chi connectivity index (χ1n) is 8.75. The molecule has 0 spiro atoms. The summed E-state index contributed by atoms with van der Waals surface area (Å²) in [5.41, 5.74) is 2.81. The van der Waals surface area contributed by atoms with Crippen LogP contribution >= 0.6 is 0 Å². The van der Waals surface area contributed by atoms with Crippen molar-refractivity contribution < 1.29 is 17.9 Å². The van der Waals surface area contributed by atoms with Crippen LogP contribution in [0.25, 0.3) is 0 Å². The number of aryl methyl sites for hydroxylation is 1. The van der Waals surface area contributed by atoms with E-state index in [-0.39, 0.29) is 24.0 Å². The number of carbonyl (C=O) groups is 1. The van der Waals surface area contributed by atoms with E-state index >= 15 is 0 Å². The van der Waals surface area contributed by atoms with Gasteiger partial charge in [0, 0.05) is 6.54 Å². The molecule has 146 valence electrons. The SMILES string of the molecule is CNS(=O)(=O)c1cccc(CNC(=O)COc2cc(C(C)C)ccc2C)c1. The molecule has 0 unspecified atom stereocenters. The maximum Gasteiger partial charge on any atom is 0.258 e. The van der Waals surface area contributed by atoms with Crippen LogP contribution in [-0.2, 0) is 21.4 Å². The van der Waals surface area contributed by atoms with Crippen LogP contribution in [0.3, 0.4) is 0 Å². The molecule has 0 saturated carbocycles. The Bertz CT molecular complexity index is 908. The monoisotopic (exact) mass is 390 g/mol. The molecule has 0 aliphatic rings. The summed E-state index contributed by atoms with van der Waals surface area (Å²) in [6.45, 7) is 6.26. The quantitative estimate of drug-likeness (QED) is 0.726. The van der Waals surface area contributed by atoms with E-state index in [2.05, 4.69) is 30.0 Å². The minimum Gasteiger partial charge on any atom is -0.483 e. The summed E-state index contributed by atoms with van der Waals surface area (Å²) in [6.07, 6.45) is 0. The second kappa shape index (κ2) is 9.01. The lowest BCUT2D eigenvalue weighted by Gasteiger charge is -2.13. The molecule has 0 radical (unpaired) electrons. The van der Waals surface area contributed by atoms with Crippen molar-refractivity contribution in [1.29, 1.82) is 0 Å². The summed E-state index contributed by atoms with van der Waals surface area (Å²) in [5, 5.41) is 2.74. The van der Waals surface area contributed by atoms with Crippen molar-refractivity contribution in [3.05, 3.63) is 59.2 Å². The molecule has 0 fully saturated rings. The van der Waals surface area contributed by atoms with Crippen LogP contribution in [0.1, 0.15) is 36.5 Å². The average Bonchev–Trinajstić information content (AvgIpc) is 2.65. The number of carbonyl (C=O) groups excluding carboxylic acids is 1. The van der Waals surface area contributed by atoms with Gasteiger partial charge in [0.2, 0.25) is 10.0 Å². The van der Waals surface area contributed by atoms with Gasteiger partial charge in [-0.3, -0.25) is 4.79 Å². The Morgan fingerprint density at radius 3 is 2.56 bits per heavy atom. The first-order valence-corrected chi connectivity index (χ1v) is 10.2. The maximum atomic E-state index is 12.1. The average molecular weight is 391 g/mol. The zero-order chi connectivity index (χ0) is 20.0. The number of amides is 1. The fourth-order valence-electron chi connectivity index (χ4n) is 2.47. The Morgan fingerprint density at radius 2 is 1.89 bits per heavy atom. The molecular formula is C20H26N2O4S. The van der Waals surface area contributed by atoms with Crippen LogP contribution in [0.4, 0.5) is 0 Å². The molecule has 0 aliphatic heterocycles. The van der Waals surface area contributed by atoms with Crippen LogP contribution in [0.2, 0.25) is 0 Å². The van der Waals surface area contributed by atoms with E-state index in [4.69, 9.17) is 4.74 Å². The summed E-state index contributed by atoms with van der Waals surface area (Å²) in [7, 11) is -2.15. The zero-order valence-electron chi connectivity index (χ0n) is 16.1. The Morgan fingerprint density at radius 1 is 1.15 bits per heavy atom. The van der Waals surface area contributed by atoms with Gasteiger partial charge in [-0.15, -0.1) is 0 Å². The molecule has 6 nitrogen and oxygen atoms in total. The second-order valence-corrected chi connectivity index (χ2v) is 8.49. The molecule has 0 saturated heterocycles. The maximum absolute atomic E-state index is 12.1. The van der Waals surface area contributed by atoms with Gasteiger partial charge in [-0.05, 0) is 54.8 Å². The molecule has 1 amide bonds. The van der Waals surface area contributed by atoms with Gasteiger partial charge < -0.3 is 10.1 Å². The molecule has 2 aromatic carbocycles. The van der Waals surface area contributed by atoms with Gasteiger partial charge in [-0.25, -0.2) is 13.1 Å². The van der Waals surface area contributed by atoms with Gasteiger partial charge in [-0.1, -0.05) is 38.1 Å². The molecule has 27 heavy (non-hydrogen) atoms. The Kier molecular flexibility index (Phi) is 6.98. The van der Waals surface area contributed by atoms with Gasteiger partial charge in [0.25, 0.3) is 5.91 Å². The highest BCUT2D eigenvalue weighted by atomic mass is 32.2. The zero-order valence-corrected chi connectivity index (χ0v) is 16.9. The summed E-state index contributed by atoms with van der Waals surface area (Å²) >= 11 is 0. The van der Waals surface area contributed by atoms with Gasteiger partial charge >= 0.3 is 0 Å². The molecule has 2 rings (SSSR count). The lowest BCUT2D eigenvalue weighted by Crippen LogP contribution is -2.28. The number of benzene rings is 2. The first-order chi connectivity index (χ1) is 12.7. The molecule has 0 aliphatic carbocycles. The number of nitrogens with one attached hydrogen (secondary N) is 2. The fourth-order valence-corrected chi connectivity index (χ4v) is 3.27. The van der Waals surface area contributed by atoms with Crippen molar-refractivity contribution in [2.75, 3.05) is 13.7 Å². The van der Waals surface area contributed by atoms with Crippen molar-refractivity contribution in [2.45, 2.75) is 38.1 Å². The van der Waals surface area contributed by atoms with Gasteiger partial charge in [0.1, 0.15) is 5.75 Å². The van der Waals surface area contributed by atoms with Crippen LogP contribution < -0.4 is 14.8 Å². The molecule has 2 N–H and O–H groups in total. The molecule has 0 atom stereocenters. The third kappa shape index (κ3) is 5.80. The van der Waals surface area contributed by atoms with Gasteiger partial charge in [-0.2, -0.15) is 0 Å². The van der Waals surface area contributed by atoms with Crippen LogP contribution in [0, 0.1) is 6.92 Å². The van der Waals surface area contributed by atoms with Crippen molar-refractivity contribution >= 4 is 15.9 Å². The highest BCUT2D eigenvalue weighted by molar-refractivity contribution is 7.89. The number of hydrogen-bond acceptors (Lipinski definition) is 4. The Hall–Kier alpha value is -2.38. The van der Waals surface area contributed by atoms with Gasteiger partial charge in [0.15, 0.2) is 6.61 Å². The number of hydrogen-bond donors (Lipinski definition) is 2. The second-order valence-electron chi connectivity index (χ2n) is 6.60. The first kappa shape index (κ1) is 20.9. The minimum absolute atomic E-state index is 0.100. The third-order valence-electron chi connectivity index (χ3n) is 4.20. The lowest BCUT2D eigenvalue weighted by molar-refractivity contribution is -0.123. The molecule has 2 aromatic rings. The van der Waals surface area contributed by atoms with E-state index < -0.39 is 10.0 Å². The molecule has 0 bridgehead atoms. The minimum atomic E-state index is -3.51. The molecular weight excluding hydrogens is 364 g/mol. The molecule has 7 heteroatoms. The third-order valence-corrected chi connectivity index (χ3v) is 5.62. The number of rotatable bonds is 8. The van der Waals surface area contributed by atoms with E-state index in [9.17, 15) is 13.2 Å². The van der Waals surface area contributed by atoms with Crippen molar-refractivity contribution in [3.8, 4) is 5.75 Å². The summed E-state index contributed by atoms with van der Waals surface area (Å²) < 4.78 is 31.6. The smallest absolute Gasteiger partial charge is 0.258 e. The van der Waals surface area contributed by atoms with E-state index in [1.165, 1.54) is 19.2 Å². The topological polar surface area (TPSA) is 84.5 Å². The Balaban J connectivity index is 1.94. The molecule has 0 heterocycles. The fraction of sp³-hybridized carbons (Fsp3) is 0.350. The predicted octanol–water partition coefficient (Wildman–Crippen LogP) is 2.72. The summed E-state index contributed by atoms with van der Waals surface area (Å²) in [6, 6.07) is 12.4. The highest BCUT2D eigenvalue weighted by Gasteiger charge is 2.12. The predicted molar refractivity (Wildman–Crippen MR) is 105 cm³/mol. The Labute approximate surface area is 161 Å². The van der Waals surface area contributed by atoms with E-state index in [1.54, 1.807) is 12.1 Å². The van der Waals surface area contributed by atoms with Gasteiger partial charge in [0.05, 0.1) is 4.90 Å². The largest absolute Gasteiger partial charge is 0.483 e. The van der Waals surface area contributed by atoms with Crippen LogP contribution in [-0.4, -0.2) is 28.0 Å². The standard InChI is InChI=1S/C20H26N2O4S/c1-14(2)17-9-8-15(3)19(11-17)26-13-20(23)22-12-16-6-5-7-18(10-16)27(24,25)21-4/h5-11,14,21H,12-13H2,1-4H3,(H,22,23).